The van der Waals surface area contributed by atoms with E-state index < -0.39 is 5.97 Å². The monoisotopic (exact) mass is 312 g/mol. The van der Waals surface area contributed by atoms with E-state index in [1.54, 1.807) is 12.2 Å². The van der Waals surface area contributed by atoms with Crippen LogP contribution in [0.15, 0.2) is 28.5 Å². The Kier molecular flexibility index (Phi) is 9.02. The van der Waals surface area contributed by atoms with Crippen molar-refractivity contribution < 1.29 is 46.0 Å². The van der Waals surface area contributed by atoms with E-state index in [0.717, 1.165) is 0 Å². The number of ether oxygens (including phenoxy) is 1. The Bertz CT molecular complexity index is 280. The fourth-order valence-electron chi connectivity index (χ4n) is 0.667. The Morgan fingerprint density at radius 1 is 1.62 bits per heavy atom. The van der Waals surface area contributed by atoms with Crippen LogP contribution in [-0.4, -0.2) is 13.1 Å². The number of carbonyl (C=O) groups is 1. The molecule has 0 spiro atoms. The molecule has 0 aromatic heterocycles. The van der Waals surface area contributed by atoms with Gasteiger partial charge in [0, 0.05) is 30.9 Å². The summed E-state index contributed by atoms with van der Waals surface area (Å²) in [5.74, 6) is -0.424. The van der Waals surface area contributed by atoms with Crippen molar-refractivity contribution in [3.63, 3.8) is 0 Å². The third-order valence-corrected chi connectivity index (χ3v) is 1.40. The summed E-state index contributed by atoms with van der Waals surface area (Å²) in [7, 11) is 1.32. The number of esters is 1. The van der Waals surface area contributed by atoms with Crippen molar-refractivity contribution in [2.45, 2.75) is 0 Å². The van der Waals surface area contributed by atoms with Gasteiger partial charge in [-0.05, 0) is 12.2 Å². The maximum Gasteiger partial charge on any atom is 0.342 e. The first kappa shape index (κ1) is 15.6. The molecule has 0 saturated carbocycles. The summed E-state index contributed by atoms with van der Waals surface area (Å²) < 4.78 is 4.46. The molecule has 1 aliphatic rings. The Hall–Kier alpha value is 0.123. The van der Waals surface area contributed by atoms with Gasteiger partial charge in [0.15, 0.2) is 0 Å². The van der Waals surface area contributed by atoms with Crippen LogP contribution in [0.3, 0.4) is 0 Å². The van der Waals surface area contributed by atoms with Gasteiger partial charge in [0.2, 0.25) is 0 Å². The minimum absolute atomic E-state index is 0. The van der Waals surface area contributed by atoms with E-state index in [-0.39, 0.29) is 36.5 Å². The number of rotatable bonds is 1. The zero-order valence-electron chi connectivity index (χ0n) is 7.01. The number of allylic oxidation sites excluding steroid dienone is 2. The van der Waals surface area contributed by atoms with Crippen LogP contribution in [0.2, 0.25) is 0 Å². The smallest absolute Gasteiger partial charge is 0.342 e. The van der Waals surface area contributed by atoms with Crippen molar-refractivity contribution in [1.29, 1.82) is 0 Å². The van der Waals surface area contributed by atoms with Crippen molar-refractivity contribution >= 4 is 17.6 Å². The van der Waals surface area contributed by atoms with Crippen molar-refractivity contribution in [2.24, 2.45) is 0 Å². The standard InChI is InChI=1S/C8H6ClO2.BrH.Zn/c1-11-8(10)6-3-2-4-7(9)5-6;;/h2,4-5H,1H3;1H;/p-1. The van der Waals surface area contributed by atoms with Gasteiger partial charge in [-0.3, -0.25) is 0 Å². The van der Waals surface area contributed by atoms with Crippen LogP contribution in [0.25, 0.3) is 0 Å². The topological polar surface area (TPSA) is 26.3 Å². The summed E-state index contributed by atoms with van der Waals surface area (Å²) in [6, 6.07) is 0. The van der Waals surface area contributed by atoms with E-state index in [2.05, 4.69) is 10.5 Å². The van der Waals surface area contributed by atoms with Crippen molar-refractivity contribution in [3.05, 3.63) is 34.9 Å². The minimum Gasteiger partial charge on any atom is -1.00 e. The fourth-order valence-corrected chi connectivity index (χ4v) is 0.839. The molecule has 67 valence electrons. The zero-order chi connectivity index (χ0) is 8.27. The van der Waals surface area contributed by atoms with Crippen LogP contribution in [0.5, 0.6) is 0 Å². The van der Waals surface area contributed by atoms with E-state index in [1.807, 2.05) is 0 Å². The Balaban J connectivity index is 0. The van der Waals surface area contributed by atoms with Crippen LogP contribution in [0.1, 0.15) is 0 Å². The summed E-state index contributed by atoms with van der Waals surface area (Å²) >= 11 is 5.62. The molecule has 0 unspecified atom stereocenters. The normalized spacial score (nSPS) is 13.1. The molecule has 0 N–H and O–H groups in total. The van der Waals surface area contributed by atoms with Gasteiger partial charge in [-0.1, -0.05) is 11.6 Å². The van der Waals surface area contributed by atoms with Crippen molar-refractivity contribution in [1.82, 2.24) is 0 Å². The van der Waals surface area contributed by atoms with Gasteiger partial charge in [-0.2, -0.15) is 0 Å². The van der Waals surface area contributed by atoms with Gasteiger partial charge >= 0.3 is 5.97 Å². The Morgan fingerprint density at radius 3 is 2.69 bits per heavy atom. The van der Waals surface area contributed by atoms with Crippen LogP contribution in [0.4, 0.5) is 0 Å². The Morgan fingerprint density at radius 2 is 2.23 bits per heavy atom. The number of hydrogen-bond donors (Lipinski definition) is 0. The molecule has 1 radical (unpaired) electrons. The van der Waals surface area contributed by atoms with E-state index in [9.17, 15) is 4.79 Å². The van der Waals surface area contributed by atoms with Crippen molar-refractivity contribution in [2.75, 3.05) is 7.11 Å². The number of methoxy groups -OCH3 is 1. The van der Waals surface area contributed by atoms with Gasteiger partial charge in [0.25, 0.3) is 0 Å². The molecule has 0 aromatic carbocycles. The van der Waals surface area contributed by atoms with E-state index in [0.29, 0.717) is 10.6 Å². The molecule has 0 aromatic rings. The zero-order valence-corrected chi connectivity index (χ0v) is 12.3. The van der Waals surface area contributed by atoms with Crippen LogP contribution in [-0.2, 0) is 29.0 Å². The first-order chi connectivity index (χ1) is 5.24. The third-order valence-electron chi connectivity index (χ3n) is 1.17. The maximum absolute atomic E-state index is 10.9. The molecule has 5 heteroatoms. The largest absolute Gasteiger partial charge is 1.00 e. The van der Waals surface area contributed by atoms with Gasteiger partial charge in [-0.15, -0.1) is 5.73 Å². The molecule has 1 rings (SSSR count). The molecular weight excluding hydrogens is 309 g/mol. The predicted molar refractivity (Wildman–Crippen MR) is 41.8 cm³/mol. The van der Waals surface area contributed by atoms with Gasteiger partial charge in [-0.25, -0.2) is 4.79 Å². The van der Waals surface area contributed by atoms with Crippen LogP contribution < -0.4 is 17.0 Å². The molecule has 0 fully saturated rings. The SMILES string of the molecule is COC(=O)C1=C=CC=C(Cl)[CH]1.[Br-].[Zn]. The van der Waals surface area contributed by atoms with Gasteiger partial charge < -0.3 is 21.7 Å². The summed E-state index contributed by atoms with van der Waals surface area (Å²) in [5, 5.41) is 0.504. The van der Waals surface area contributed by atoms with E-state index in [1.165, 1.54) is 13.5 Å². The van der Waals surface area contributed by atoms with Gasteiger partial charge in [0.05, 0.1) is 12.7 Å². The second-order valence-corrected chi connectivity index (χ2v) is 2.35. The number of hydrogen-bond acceptors (Lipinski definition) is 2. The Labute approximate surface area is 105 Å². The fraction of sp³-hybridized carbons (Fsp3) is 0.125. The average molecular weight is 315 g/mol. The minimum atomic E-state index is -0.424. The maximum atomic E-state index is 10.9. The molecule has 0 aliphatic heterocycles. The van der Waals surface area contributed by atoms with Crippen LogP contribution in [0, 0.1) is 6.42 Å². The first-order valence-corrected chi connectivity index (χ1v) is 3.37. The summed E-state index contributed by atoms with van der Waals surface area (Å²) in [6.07, 6.45) is 4.73. The molecule has 2 nitrogen and oxygen atoms in total. The average Bonchev–Trinajstić information content (AvgIpc) is 2.03. The molecule has 0 atom stereocenters. The molecule has 0 amide bonds. The second-order valence-electron chi connectivity index (χ2n) is 1.91. The summed E-state index contributed by atoms with van der Waals surface area (Å²) in [4.78, 5) is 10.9. The number of carbonyl (C=O) groups excluding carboxylic acids is 1. The quantitative estimate of drug-likeness (QED) is 0.337. The number of halogens is 2. The second kappa shape index (κ2) is 7.52. The molecule has 13 heavy (non-hydrogen) atoms. The van der Waals surface area contributed by atoms with E-state index in [4.69, 9.17) is 11.6 Å². The summed E-state index contributed by atoms with van der Waals surface area (Å²) in [6.45, 7) is 0. The molecule has 0 bridgehead atoms. The third kappa shape index (κ3) is 4.78. The molecular formula is C8H6BrClO2Zn-. The molecule has 0 heterocycles. The van der Waals surface area contributed by atoms with Gasteiger partial charge in [0.1, 0.15) is 0 Å². The van der Waals surface area contributed by atoms with Crippen LogP contribution >= 0.6 is 11.6 Å². The first-order valence-electron chi connectivity index (χ1n) is 2.99. The van der Waals surface area contributed by atoms with E-state index >= 15 is 0 Å². The summed E-state index contributed by atoms with van der Waals surface area (Å²) in [5.41, 5.74) is 3.05. The molecule has 0 saturated heterocycles. The molecule has 1 aliphatic carbocycles. The predicted octanol–water partition coefficient (Wildman–Crippen LogP) is -1.42. The van der Waals surface area contributed by atoms with Crippen molar-refractivity contribution in [3.8, 4) is 0 Å².